The van der Waals surface area contributed by atoms with E-state index in [9.17, 15) is 0 Å². The van der Waals surface area contributed by atoms with E-state index in [1.807, 2.05) is 37.4 Å². The van der Waals surface area contributed by atoms with Crippen LogP contribution in [0.5, 0.6) is 5.75 Å². The zero-order valence-corrected chi connectivity index (χ0v) is 11.5. The van der Waals surface area contributed by atoms with Crippen molar-refractivity contribution in [2.75, 3.05) is 5.32 Å². The van der Waals surface area contributed by atoms with Gasteiger partial charge in [0, 0.05) is 17.0 Å². The summed E-state index contributed by atoms with van der Waals surface area (Å²) in [6.45, 7) is 4.02. The van der Waals surface area contributed by atoms with Crippen LogP contribution < -0.4 is 10.1 Å². The van der Waals surface area contributed by atoms with Crippen molar-refractivity contribution in [2.45, 2.75) is 20.0 Å². The van der Waals surface area contributed by atoms with E-state index < -0.39 is 0 Å². The number of aromatic nitrogens is 3. The van der Waals surface area contributed by atoms with E-state index in [-0.39, 0.29) is 6.10 Å². The normalized spacial score (nSPS) is 11.1. The van der Waals surface area contributed by atoms with Crippen LogP contribution >= 0.6 is 11.3 Å². The standard InChI is InChI=1S/C13H14N4OS/c1-8(2)18-9-3-4-11-10(7-9)12(17-16-11)15-13-14-5-6-19-13/h3-8H,1-2H3,(H2,14,15,16,17). The van der Waals surface area contributed by atoms with E-state index in [0.29, 0.717) is 0 Å². The number of H-pyrrole nitrogens is 1. The fraction of sp³-hybridized carbons (Fsp3) is 0.231. The number of nitrogens with zero attached hydrogens (tertiary/aromatic N) is 2. The first-order valence-corrected chi connectivity index (χ1v) is 6.91. The van der Waals surface area contributed by atoms with Crippen LogP contribution in [0, 0.1) is 0 Å². The summed E-state index contributed by atoms with van der Waals surface area (Å²) in [7, 11) is 0. The average Bonchev–Trinajstić information content (AvgIpc) is 3.00. The minimum Gasteiger partial charge on any atom is -0.491 e. The summed E-state index contributed by atoms with van der Waals surface area (Å²) >= 11 is 1.54. The molecule has 0 unspecified atom stereocenters. The van der Waals surface area contributed by atoms with Crippen molar-refractivity contribution in [3.63, 3.8) is 0 Å². The van der Waals surface area contributed by atoms with E-state index in [2.05, 4.69) is 20.5 Å². The Bertz CT molecular complexity index is 675. The highest BCUT2D eigenvalue weighted by Gasteiger charge is 2.09. The van der Waals surface area contributed by atoms with Gasteiger partial charge in [0.15, 0.2) is 10.9 Å². The lowest BCUT2D eigenvalue weighted by atomic mass is 10.2. The number of hydrogen-bond acceptors (Lipinski definition) is 5. The molecule has 2 N–H and O–H groups in total. The third kappa shape index (κ3) is 2.53. The van der Waals surface area contributed by atoms with Crippen LogP contribution in [-0.2, 0) is 0 Å². The monoisotopic (exact) mass is 274 g/mol. The molecule has 2 aromatic heterocycles. The number of anilines is 2. The SMILES string of the molecule is CC(C)Oc1ccc2[nH]nc(Nc3nccs3)c2c1. The molecule has 0 fully saturated rings. The molecule has 0 saturated carbocycles. The number of nitrogens with one attached hydrogen (secondary N) is 2. The number of rotatable bonds is 4. The van der Waals surface area contributed by atoms with Crippen molar-refractivity contribution in [2.24, 2.45) is 0 Å². The molecule has 3 aromatic rings. The first kappa shape index (κ1) is 12.0. The number of hydrogen-bond donors (Lipinski definition) is 2. The molecule has 0 spiro atoms. The largest absolute Gasteiger partial charge is 0.491 e. The van der Waals surface area contributed by atoms with Crippen LogP contribution in [0.4, 0.5) is 10.9 Å². The number of thiazole rings is 1. The topological polar surface area (TPSA) is 62.8 Å². The second-order valence-corrected chi connectivity index (χ2v) is 5.30. The molecule has 19 heavy (non-hydrogen) atoms. The molecule has 0 radical (unpaired) electrons. The Morgan fingerprint density at radius 3 is 3.00 bits per heavy atom. The molecule has 6 heteroatoms. The molecule has 0 atom stereocenters. The molecule has 2 heterocycles. The van der Waals surface area contributed by atoms with E-state index in [0.717, 1.165) is 27.6 Å². The molecule has 0 bridgehead atoms. The Labute approximate surface area is 114 Å². The lowest BCUT2D eigenvalue weighted by Gasteiger charge is -2.09. The van der Waals surface area contributed by atoms with Gasteiger partial charge in [0.05, 0.1) is 11.6 Å². The zero-order chi connectivity index (χ0) is 13.2. The van der Waals surface area contributed by atoms with Gasteiger partial charge in [0.2, 0.25) is 0 Å². The molecule has 0 amide bonds. The van der Waals surface area contributed by atoms with Gasteiger partial charge in [-0.15, -0.1) is 11.3 Å². The molecular weight excluding hydrogens is 260 g/mol. The fourth-order valence-corrected chi connectivity index (χ4v) is 2.35. The summed E-state index contributed by atoms with van der Waals surface area (Å²) in [6.07, 6.45) is 1.91. The van der Waals surface area contributed by atoms with Crippen molar-refractivity contribution >= 4 is 33.2 Å². The van der Waals surface area contributed by atoms with Crippen LogP contribution in [0.1, 0.15) is 13.8 Å². The molecule has 3 rings (SSSR count). The lowest BCUT2D eigenvalue weighted by Crippen LogP contribution is -2.05. The Balaban J connectivity index is 1.95. The van der Waals surface area contributed by atoms with Gasteiger partial charge in [-0.25, -0.2) is 4.98 Å². The zero-order valence-electron chi connectivity index (χ0n) is 10.7. The van der Waals surface area contributed by atoms with Crippen molar-refractivity contribution in [3.05, 3.63) is 29.8 Å². The smallest absolute Gasteiger partial charge is 0.188 e. The summed E-state index contributed by atoms with van der Waals surface area (Å²) in [5, 5.41) is 14.2. The van der Waals surface area contributed by atoms with Crippen molar-refractivity contribution in [3.8, 4) is 5.75 Å². The van der Waals surface area contributed by atoms with Gasteiger partial charge < -0.3 is 10.1 Å². The number of fused-ring (bicyclic) bond motifs is 1. The summed E-state index contributed by atoms with van der Waals surface area (Å²) in [5.74, 6) is 1.60. The second kappa shape index (κ2) is 4.89. The van der Waals surface area contributed by atoms with Crippen molar-refractivity contribution in [1.82, 2.24) is 15.2 Å². The molecule has 1 aromatic carbocycles. The molecular formula is C13H14N4OS. The minimum absolute atomic E-state index is 0.153. The van der Waals surface area contributed by atoms with Crippen LogP contribution in [0.15, 0.2) is 29.8 Å². The molecule has 0 aliphatic rings. The van der Waals surface area contributed by atoms with Gasteiger partial charge in [0.25, 0.3) is 0 Å². The lowest BCUT2D eigenvalue weighted by molar-refractivity contribution is 0.243. The Hall–Kier alpha value is -2.08. The maximum Gasteiger partial charge on any atom is 0.188 e. The highest BCUT2D eigenvalue weighted by Crippen LogP contribution is 2.28. The summed E-state index contributed by atoms with van der Waals surface area (Å²) in [4.78, 5) is 4.19. The van der Waals surface area contributed by atoms with E-state index >= 15 is 0 Å². The summed E-state index contributed by atoms with van der Waals surface area (Å²) < 4.78 is 5.70. The molecule has 0 saturated heterocycles. The van der Waals surface area contributed by atoms with Crippen LogP contribution in [0.2, 0.25) is 0 Å². The Kier molecular flexibility index (Phi) is 3.08. The van der Waals surface area contributed by atoms with E-state index in [1.165, 1.54) is 11.3 Å². The molecule has 5 nitrogen and oxygen atoms in total. The van der Waals surface area contributed by atoms with Gasteiger partial charge in [-0.2, -0.15) is 5.10 Å². The molecule has 98 valence electrons. The van der Waals surface area contributed by atoms with Crippen LogP contribution in [0.3, 0.4) is 0 Å². The first-order valence-electron chi connectivity index (χ1n) is 6.03. The number of aromatic amines is 1. The first-order chi connectivity index (χ1) is 9.22. The Morgan fingerprint density at radius 2 is 2.26 bits per heavy atom. The van der Waals surface area contributed by atoms with E-state index in [4.69, 9.17) is 4.74 Å². The summed E-state index contributed by atoms with van der Waals surface area (Å²) in [5.41, 5.74) is 0.968. The molecule has 0 aliphatic carbocycles. The van der Waals surface area contributed by atoms with Crippen LogP contribution in [0.25, 0.3) is 10.9 Å². The van der Waals surface area contributed by atoms with Gasteiger partial charge >= 0.3 is 0 Å². The maximum atomic E-state index is 5.70. The molecule has 0 aliphatic heterocycles. The number of ether oxygens (including phenoxy) is 1. The summed E-state index contributed by atoms with van der Waals surface area (Å²) in [6, 6.07) is 5.88. The minimum atomic E-state index is 0.153. The third-order valence-electron chi connectivity index (χ3n) is 2.56. The third-order valence-corrected chi connectivity index (χ3v) is 3.25. The highest BCUT2D eigenvalue weighted by atomic mass is 32.1. The van der Waals surface area contributed by atoms with Crippen molar-refractivity contribution < 1.29 is 4.74 Å². The predicted octanol–water partition coefficient (Wildman–Crippen LogP) is 3.55. The quantitative estimate of drug-likeness (QED) is 0.763. The van der Waals surface area contributed by atoms with Crippen LogP contribution in [-0.4, -0.2) is 21.3 Å². The number of benzene rings is 1. The predicted molar refractivity (Wildman–Crippen MR) is 77.3 cm³/mol. The van der Waals surface area contributed by atoms with Gasteiger partial charge in [-0.1, -0.05) is 0 Å². The fourth-order valence-electron chi connectivity index (χ4n) is 1.82. The van der Waals surface area contributed by atoms with E-state index in [1.54, 1.807) is 6.20 Å². The Morgan fingerprint density at radius 1 is 1.37 bits per heavy atom. The van der Waals surface area contributed by atoms with Gasteiger partial charge in [-0.3, -0.25) is 5.10 Å². The highest BCUT2D eigenvalue weighted by molar-refractivity contribution is 7.13. The second-order valence-electron chi connectivity index (χ2n) is 4.41. The average molecular weight is 274 g/mol. The van der Waals surface area contributed by atoms with Crippen molar-refractivity contribution in [1.29, 1.82) is 0 Å². The van der Waals surface area contributed by atoms with Gasteiger partial charge in [0.1, 0.15) is 5.75 Å². The van der Waals surface area contributed by atoms with Gasteiger partial charge in [-0.05, 0) is 32.0 Å². The maximum absolute atomic E-state index is 5.70.